The molecule has 1 atom stereocenters. The van der Waals surface area contributed by atoms with Gasteiger partial charge in [0.15, 0.2) is 0 Å². The Morgan fingerprint density at radius 3 is 1.81 bits per heavy atom. The minimum absolute atomic E-state index is 0.276. The van der Waals surface area contributed by atoms with Gasteiger partial charge in [0, 0.05) is 12.8 Å². The van der Waals surface area contributed by atoms with Gasteiger partial charge in [0.1, 0.15) is 0 Å². The van der Waals surface area contributed by atoms with Crippen LogP contribution < -0.4 is 5.32 Å². The Kier molecular flexibility index (Phi) is 22.9. The topological polar surface area (TPSA) is 86.6 Å². The molecule has 0 aliphatic carbocycles. The second-order valence-electron chi connectivity index (χ2n) is 6.88. The van der Waals surface area contributed by atoms with Crippen molar-refractivity contribution in [1.82, 2.24) is 5.32 Å². The lowest BCUT2D eigenvalue weighted by molar-refractivity contribution is -0.138. The highest BCUT2D eigenvalue weighted by Gasteiger charge is 2.03. The molecule has 0 aromatic carbocycles. The first-order chi connectivity index (χ1) is 13.0. The molecule has 3 N–H and O–H groups in total. The van der Waals surface area contributed by atoms with E-state index in [2.05, 4.69) is 24.0 Å². The summed E-state index contributed by atoms with van der Waals surface area (Å²) in [6.07, 6.45) is 18.2. The Morgan fingerprint density at radius 2 is 1.30 bits per heavy atom. The van der Waals surface area contributed by atoms with Crippen LogP contribution in [0.2, 0.25) is 0 Å². The van der Waals surface area contributed by atoms with Crippen molar-refractivity contribution in [3.8, 4) is 0 Å². The van der Waals surface area contributed by atoms with E-state index in [1.165, 1.54) is 0 Å². The number of allylic oxidation sites excluding steroid dienone is 3. The summed E-state index contributed by atoms with van der Waals surface area (Å²) in [5, 5.41) is 19.9. The molecule has 0 amide bonds. The molecule has 0 aliphatic rings. The van der Waals surface area contributed by atoms with Crippen molar-refractivity contribution in [1.29, 1.82) is 0 Å². The zero-order valence-electron chi connectivity index (χ0n) is 17.4. The second-order valence-corrected chi connectivity index (χ2v) is 6.88. The van der Waals surface area contributed by atoms with Gasteiger partial charge in [0.2, 0.25) is 0 Å². The zero-order valence-corrected chi connectivity index (χ0v) is 17.4. The fraction of sp³-hybridized carbons (Fsp3) is 0.727. The maximum absolute atomic E-state index is 10.4. The van der Waals surface area contributed by atoms with E-state index in [1.54, 1.807) is 0 Å². The van der Waals surface area contributed by atoms with E-state index in [0.29, 0.717) is 5.92 Å². The van der Waals surface area contributed by atoms with Crippen molar-refractivity contribution in [2.24, 2.45) is 5.92 Å². The monoisotopic (exact) mass is 383 g/mol. The third-order valence-electron chi connectivity index (χ3n) is 4.18. The number of aliphatic carboxylic acids is 2. The number of carbonyl (C=O) groups is 2. The molecule has 158 valence electrons. The highest BCUT2D eigenvalue weighted by Crippen LogP contribution is 2.17. The molecular weight excluding hydrogens is 342 g/mol. The molecule has 0 saturated carbocycles. The number of nitrogens with one attached hydrogen (secondary N) is 1. The summed E-state index contributed by atoms with van der Waals surface area (Å²) in [7, 11) is 3.75. The minimum Gasteiger partial charge on any atom is -0.481 e. The average Bonchev–Trinajstić information content (AvgIpc) is 2.61. The van der Waals surface area contributed by atoms with Gasteiger partial charge >= 0.3 is 11.9 Å². The number of hydrogen-bond acceptors (Lipinski definition) is 3. The number of unbranched alkanes of at least 4 members (excludes halogenated alkanes) is 6. The highest BCUT2D eigenvalue weighted by molar-refractivity contribution is 5.66. The van der Waals surface area contributed by atoms with Gasteiger partial charge in [0.25, 0.3) is 0 Å². The molecule has 0 radical (unpaired) electrons. The second kappa shape index (κ2) is 22.4. The van der Waals surface area contributed by atoms with Crippen LogP contribution in [-0.2, 0) is 9.59 Å². The highest BCUT2D eigenvalue weighted by atomic mass is 16.4. The van der Waals surface area contributed by atoms with Gasteiger partial charge in [0.05, 0.1) is 0 Å². The molecule has 0 aliphatic heterocycles. The van der Waals surface area contributed by atoms with Crippen LogP contribution in [0.15, 0.2) is 24.8 Å². The van der Waals surface area contributed by atoms with Gasteiger partial charge < -0.3 is 15.5 Å². The smallest absolute Gasteiger partial charge is 0.303 e. The van der Waals surface area contributed by atoms with Crippen molar-refractivity contribution in [2.75, 3.05) is 14.1 Å². The molecule has 0 spiro atoms. The molecular formula is C22H41NO4. The van der Waals surface area contributed by atoms with Crippen LogP contribution >= 0.6 is 0 Å². The number of rotatable bonds is 17. The van der Waals surface area contributed by atoms with E-state index < -0.39 is 11.9 Å². The van der Waals surface area contributed by atoms with Gasteiger partial charge in [-0.05, 0) is 65.0 Å². The van der Waals surface area contributed by atoms with E-state index in [4.69, 9.17) is 10.2 Å². The Balaban J connectivity index is 0. The SMILES string of the molecule is C=CC(CCC=CCCCCCCC(=O)O)CCCCCC(=O)O.CNC. The Bertz CT molecular complexity index is 394. The summed E-state index contributed by atoms with van der Waals surface area (Å²) in [6, 6.07) is 0. The van der Waals surface area contributed by atoms with Gasteiger partial charge in [-0.25, -0.2) is 0 Å². The van der Waals surface area contributed by atoms with E-state index in [9.17, 15) is 9.59 Å². The van der Waals surface area contributed by atoms with Gasteiger partial charge in [-0.2, -0.15) is 0 Å². The largest absolute Gasteiger partial charge is 0.481 e. The normalized spacial score (nSPS) is 11.6. The molecule has 0 aromatic rings. The van der Waals surface area contributed by atoms with E-state index in [1.807, 2.05) is 20.2 Å². The van der Waals surface area contributed by atoms with E-state index in [-0.39, 0.29) is 12.8 Å². The molecule has 0 fully saturated rings. The van der Waals surface area contributed by atoms with Gasteiger partial charge in [-0.3, -0.25) is 9.59 Å². The Morgan fingerprint density at radius 1 is 0.815 bits per heavy atom. The van der Waals surface area contributed by atoms with Crippen molar-refractivity contribution in [3.63, 3.8) is 0 Å². The first kappa shape index (κ1) is 27.6. The predicted octanol–water partition coefficient (Wildman–Crippen LogP) is 5.42. The molecule has 0 rings (SSSR count). The van der Waals surface area contributed by atoms with Crippen LogP contribution in [-0.4, -0.2) is 36.2 Å². The molecule has 5 nitrogen and oxygen atoms in total. The summed E-state index contributed by atoms with van der Waals surface area (Å²) in [4.78, 5) is 20.8. The number of hydrogen-bond donors (Lipinski definition) is 3. The van der Waals surface area contributed by atoms with Crippen molar-refractivity contribution < 1.29 is 19.8 Å². The minimum atomic E-state index is -0.706. The number of carboxylic acids is 2. The Labute approximate surface area is 165 Å². The van der Waals surface area contributed by atoms with Crippen LogP contribution in [0.25, 0.3) is 0 Å². The number of carboxylic acid groups (broad SMARTS) is 2. The van der Waals surface area contributed by atoms with E-state index in [0.717, 1.165) is 70.6 Å². The fourth-order valence-electron chi connectivity index (χ4n) is 2.68. The lowest BCUT2D eigenvalue weighted by Gasteiger charge is -2.10. The summed E-state index contributed by atoms with van der Waals surface area (Å²) in [5.74, 6) is -0.883. The summed E-state index contributed by atoms with van der Waals surface area (Å²) in [6.45, 7) is 3.90. The summed E-state index contributed by atoms with van der Waals surface area (Å²) in [5.41, 5.74) is 0. The van der Waals surface area contributed by atoms with Crippen LogP contribution in [0.3, 0.4) is 0 Å². The molecule has 27 heavy (non-hydrogen) atoms. The lowest BCUT2D eigenvalue weighted by atomic mass is 9.96. The van der Waals surface area contributed by atoms with Gasteiger partial charge in [-0.1, -0.05) is 43.9 Å². The third-order valence-corrected chi connectivity index (χ3v) is 4.18. The Hall–Kier alpha value is -1.62. The first-order valence-corrected chi connectivity index (χ1v) is 10.3. The predicted molar refractivity (Wildman–Crippen MR) is 113 cm³/mol. The first-order valence-electron chi connectivity index (χ1n) is 10.3. The molecule has 5 heteroatoms. The van der Waals surface area contributed by atoms with Crippen molar-refractivity contribution in [2.45, 2.75) is 83.5 Å². The molecule has 0 heterocycles. The fourth-order valence-corrected chi connectivity index (χ4v) is 2.68. The van der Waals surface area contributed by atoms with Crippen molar-refractivity contribution in [3.05, 3.63) is 24.8 Å². The summed E-state index contributed by atoms with van der Waals surface area (Å²) >= 11 is 0. The molecule has 0 aromatic heterocycles. The van der Waals surface area contributed by atoms with Crippen LogP contribution in [0.5, 0.6) is 0 Å². The third kappa shape index (κ3) is 26.7. The maximum Gasteiger partial charge on any atom is 0.303 e. The van der Waals surface area contributed by atoms with Crippen molar-refractivity contribution >= 4 is 11.9 Å². The lowest BCUT2D eigenvalue weighted by Crippen LogP contribution is -1.97. The van der Waals surface area contributed by atoms with E-state index >= 15 is 0 Å². The maximum atomic E-state index is 10.4. The summed E-state index contributed by atoms with van der Waals surface area (Å²) < 4.78 is 0. The quantitative estimate of drug-likeness (QED) is 0.230. The average molecular weight is 384 g/mol. The van der Waals surface area contributed by atoms with Crippen LogP contribution in [0.4, 0.5) is 0 Å². The standard InChI is InChI=1S/C20H34O4.C2H7N/c1-2-18(15-11-9-13-17-20(23)24)14-10-7-5-3-4-6-8-12-16-19(21)22;1-3-2/h2,5,7,18H,1,3-4,6,8-17H2,(H,21,22)(H,23,24);3H,1-2H3. The molecule has 0 bridgehead atoms. The van der Waals surface area contributed by atoms with Crippen LogP contribution in [0, 0.1) is 5.92 Å². The van der Waals surface area contributed by atoms with Gasteiger partial charge in [-0.15, -0.1) is 6.58 Å². The molecule has 1 unspecified atom stereocenters. The molecule has 0 saturated heterocycles. The zero-order chi connectivity index (χ0) is 20.8. The van der Waals surface area contributed by atoms with Crippen LogP contribution in [0.1, 0.15) is 83.5 Å².